The van der Waals surface area contributed by atoms with Crippen LogP contribution in [0.3, 0.4) is 0 Å². The molecule has 1 heterocycles. The van der Waals surface area contributed by atoms with Crippen LogP contribution in [0.1, 0.15) is 18.7 Å². The zero-order chi connectivity index (χ0) is 14.0. The number of nitrogens with one attached hydrogen (secondary N) is 2. The normalized spacial score (nSPS) is 22.8. The van der Waals surface area contributed by atoms with Crippen LogP contribution in [0.5, 0.6) is 0 Å². The summed E-state index contributed by atoms with van der Waals surface area (Å²) >= 11 is 0. The molecular weight excluding hydrogens is 263 g/mol. The first-order valence-electron chi connectivity index (χ1n) is 5.64. The van der Waals surface area contributed by atoms with E-state index in [4.69, 9.17) is 10.6 Å². The molecule has 9 heteroatoms. The highest BCUT2D eigenvalue weighted by atomic mass is 19.4. The number of alkyl halides is 3. The molecule has 1 saturated carbocycles. The highest BCUT2D eigenvalue weighted by Crippen LogP contribution is 2.30. The fourth-order valence-corrected chi connectivity index (χ4v) is 1.81. The third kappa shape index (κ3) is 3.24. The van der Waals surface area contributed by atoms with Crippen molar-refractivity contribution in [1.29, 1.82) is 0 Å². The molecule has 0 spiro atoms. The molecule has 0 amide bonds. The van der Waals surface area contributed by atoms with E-state index in [9.17, 15) is 13.2 Å². The van der Waals surface area contributed by atoms with Crippen LogP contribution in [0.15, 0.2) is 6.07 Å². The van der Waals surface area contributed by atoms with Crippen molar-refractivity contribution in [3.8, 4) is 0 Å². The second-order valence-corrected chi connectivity index (χ2v) is 4.27. The van der Waals surface area contributed by atoms with Crippen molar-refractivity contribution >= 4 is 11.6 Å². The van der Waals surface area contributed by atoms with Crippen LogP contribution in [-0.4, -0.2) is 29.2 Å². The first kappa shape index (κ1) is 13.8. The number of nitrogens with two attached hydrogens (primary N) is 1. The predicted octanol–water partition coefficient (Wildman–Crippen LogP) is 1.37. The predicted molar refractivity (Wildman–Crippen MR) is 62.3 cm³/mol. The summed E-state index contributed by atoms with van der Waals surface area (Å²) in [6, 6.07) is 1.38. The molecule has 1 aromatic heterocycles. The van der Waals surface area contributed by atoms with Gasteiger partial charge in [-0.05, 0) is 12.8 Å². The SMILES string of the molecule is COC1CC(Nc2cc(NN)nc(C(F)(F)F)n2)C1. The van der Waals surface area contributed by atoms with Gasteiger partial charge in [0, 0.05) is 19.2 Å². The Labute approximate surface area is 107 Å². The van der Waals surface area contributed by atoms with Gasteiger partial charge in [-0.15, -0.1) is 0 Å². The van der Waals surface area contributed by atoms with Gasteiger partial charge >= 0.3 is 6.18 Å². The Morgan fingerprint density at radius 1 is 1.32 bits per heavy atom. The van der Waals surface area contributed by atoms with Crippen molar-refractivity contribution in [3.05, 3.63) is 11.9 Å². The maximum absolute atomic E-state index is 12.6. The minimum absolute atomic E-state index is 0.0477. The Morgan fingerprint density at radius 2 is 1.95 bits per heavy atom. The molecule has 0 aromatic carbocycles. The van der Waals surface area contributed by atoms with Crippen LogP contribution in [0.25, 0.3) is 0 Å². The largest absolute Gasteiger partial charge is 0.451 e. The molecule has 106 valence electrons. The zero-order valence-electron chi connectivity index (χ0n) is 10.2. The molecule has 0 radical (unpaired) electrons. The molecule has 0 saturated heterocycles. The fraction of sp³-hybridized carbons (Fsp3) is 0.600. The third-order valence-electron chi connectivity index (χ3n) is 2.91. The summed E-state index contributed by atoms with van der Waals surface area (Å²) in [5, 5.41) is 2.90. The standard InChI is InChI=1S/C10H14F3N5O/c1-19-6-2-5(3-6)15-7-4-8(18-14)17-9(16-7)10(11,12)13/h4-6H,2-3,14H2,1H3,(H2,15,16,17,18). The van der Waals surface area contributed by atoms with Crippen molar-refractivity contribution in [2.24, 2.45) is 5.84 Å². The lowest BCUT2D eigenvalue weighted by Gasteiger charge is -2.35. The molecular formula is C10H14F3N5O. The Kier molecular flexibility index (Phi) is 3.76. The van der Waals surface area contributed by atoms with E-state index in [-0.39, 0.29) is 23.8 Å². The van der Waals surface area contributed by atoms with Gasteiger partial charge in [-0.2, -0.15) is 13.2 Å². The van der Waals surface area contributed by atoms with Crippen LogP contribution >= 0.6 is 0 Å². The number of nitrogens with zero attached hydrogens (tertiary/aromatic N) is 2. The average Bonchev–Trinajstić information content (AvgIpc) is 2.31. The number of rotatable bonds is 4. The monoisotopic (exact) mass is 277 g/mol. The van der Waals surface area contributed by atoms with Crippen molar-refractivity contribution in [1.82, 2.24) is 9.97 Å². The molecule has 1 aliphatic rings. The number of nitrogen functional groups attached to an aromatic ring is 1. The Balaban J connectivity index is 2.12. The molecule has 1 aliphatic carbocycles. The van der Waals surface area contributed by atoms with Gasteiger partial charge in [0.05, 0.1) is 6.10 Å². The summed E-state index contributed by atoms with van der Waals surface area (Å²) in [7, 11) is 1.60. The first-order valence-corrected chi connectivity index (χ1v) is 5.64. The molecule has 0 aliphatic heterocycles. The van der Waals surface area contributed by atoms with Gasteiger partial charge in [0.25, 0.3) is 0 Å². The summed E-state index contributed by atoms with van der Waals surface area (Å²) in [5.41, 5.74) is 2.09. The number of anilines is 2. The van der Waals surface area contributed by atoms with Crippen molar-refractivity contribution in [3.63, 3.8) is 0 Å². The zero-order valence-corrected chi connectivity index (χ0v) is 10.2. The third-order valence-corrected chi connectivity index (χ3v) is 2.91. The van der Waals surface area contributed by atoms with Gasteiger partial charge < -0.3 is 15.5 Å². The number of hydrogen-bond acceptors (Lipinski definition) is 6. The van der Waals surface area contributed by atoms with Crippen molar-refractivity contribution < 1.29 is 17.9 Å². The highest BCUT2D eigenvalue weighted by Gasteiger charge is 2.36. The van der Waals surface area contributed by atoms with Gasteiger partial charge in [0.15, 0.2) is 0 Å². The Hall–Kier alpha value is -1.61. The topological polar surface area (TPSA) is 85.1 Å². The van der Waals surface area contributed by atoms with E-state index in [1.165, 1.54) is 6.07 Å². The van der Waals surface area contributed by atoms with Gasteiger partial charge in [-0.1, -0.05) is 0 Å². The minimum Gasteiger partial charge on any atom is -0.381 e. The minimum atomic E-state index is -4.61. The molecule has 2 rings (SSSR count). The van der Waals surface area contributed by atoms with E-state index >= 15 is 0 Å². The summed E-state index contributed by atoms with van der Waals surface area (Å²) in [6.45, 7) is 0. The van der Waals surface area contributed by atoms with E-state index in [2.05, 4.69) is 20.7 Å². The second-order valence-electron chi connectivity index (χ2n) is 4.27. The lowest BCUT2D eigenvalue weighted by atomic mass is 9.89. The summed E-state index contributed by atoms with van der Waals surface area (Å²) in [5.74, 6) is 3.87. The lowest BCUT2D eigenvalue weighted by Crippen LogP contribution is -2.40. The van der Waals surface area contributed by atoms with Crippen LogP contribution in [-0.2, 0) is 10.9 Å². The molecule has 1 fully saturated rings. The maximum atomic E-state index is 12.6. The number of hydrazine groups is 1. The summed E-state index contributed by atoms with van der Waals surface area (Å²) < 4.78 is 42.9. The van der Waals surface area contributed by atoms with E-state index in [0.29, 0.717) is 0 Å². The quantitative estimate of drug-likeness (QED) is 0.569. The molecule has 19 heavy (non-hydrogen) atoms. The number of ether oxygens (including phenoxy) is 1. The summed E-state index contributed by atoms with van der Waals surface area (Å²) in [6.07, 6.45) is -3.01. The van der Waals surface area contributed by atoms with Crippen LogP contribution in [0.4, 0.5) is 24.8 Å². The Morgan fingerprint density at radius 3 is 2.47 bits per heavy atom. The van der Waals surface area contributed by atoms with Crippen LogP contribution in [0.2, 0.25) is 0 Å². The van der Waals surface area contributed by atoms with Gasteiger partial charge in [-0.3, -0.25) is 0 Å². The number of aromatic nitrogens is 2. The van der Waals surface area contributed by atoms with Crippen molar-refractivity contribution in [2.75, 3.05) is 17.9 Å². The second kappa shape index (κ2) is 5.17. The summed E-state index contributed by atoms with van der Waals surface area (Å²) in [4.78, 5) is 6.71. The molecule has 0 bridgehead atoms. The molecule has 6 nitrogen and oxygen atoms in total. The first-order chi connectivity index (χ1) is 8.92. The molecule has 0 atom stereocenters. The van der Waals surface area contributed by atoms with E-state index in [1.54, 1.807) is 7.11 Å². The van der Waals surface area contributed by atoms with Gasteiger partial charge in [0.1, 0.15) is 11.6 Å². The lowest BCUT2D eigenvalue weighted by molar-refractivity contribution is -0.144. The van der Waals surface area contributed by atoms with E-state index in [0.717, 1.165) is 12.8 Å². The van der Waals surface area contributed by atoms with Crippen LogP contribution in [0, 0.1) is 0 Å². The number of hydrogen-bond donors (Lipinski definition) is 3. The van der Waals surface area contributed by atoms with E-state index in [1.807, 2.05) is 0 Å². The smallest absolute Gasteiger partial charge is 0.381 e. The van der Waals surface area contributed by atoms with Crippen LogP contribution < -0.4 is 16.6 Å². The van der Waals surface area contributed by atoms with Gasteiger partial charge in [0.2, 0.25) is 5.82 Å². The van der Waals surface area contributed by atoms with Gasteiger partial charge in [-0.25, -0.2) is 15.8 Å². The molecule has 4 N–H and O–H groups in total. The van der Waals surface area contributed by atoms with E-state index < -0.39 is 12.0 Å². The number of halogens is 3. The Bertz CT molecular complexity index is 447. The maximum Gasteiger partial charge on any atom is 0.451 e. The molecule has 0 unspecified atom stereocenters. The number of methoxy groups -OCH3 is 1. The highest BCUT2D eigenvalue weighted by molar-refractivity contribution is 5.48. The fourth-order valence-electron chi connectivity index (χ4n) is 1.81. The average molecular weight is 277 g/mol. The molecule has 1 aromatic rings. The van der Waals surface area contributed by atoms with Crippen molar-refractivity contribution in [2.45, 2.75) is 31.2 Å².